The summed E-state index contributed by atoms with van der Waals surface area (Å²) in [6.45, 7) is 0.151. The maximum Gasteiger partial charge on any atom is 0.303 e. The van der Waals surface area contributed by atoms with E-state index >= 15 is 0 Å². The van der Waals surface area contributed by atoms with Gasteiger partial charge in [0.2, 0.25) is 0 Å². The molecule has 2 atom stereocenters. The Balaban J connectivity index is 2.41. The molecule has 1 saturated carbocycles. The Morgan fingerprint density at radius 1 is 1.25 bits per heavy atom. The molecule has 1 rings (SSSR count). The molecule has 12 heavy (non-hydrogen) atoms. The Hall–Kier alpha value is -0.570. The monoisotopic (exact) mass is 172 g/mol. The molecular formula is C9H16O3. The summed E-state index contributed by atoms with van der Waals surface area (Å²) < 4.78 is 0. The van der Waals surface area contributed by atoms with Crippen LogP contribution in [0.3, 0.4) is 0 Å². The molecular weight excluding hydrogens is 156 g/mol. The van der Waals surface area contributed by atoms with E-state index in [1.807, 2.05) is 0 Å². The summed E-state index contributed by atoms with van der Waals surface area (Å²) >= 11 is 0. The lowest BCUT2D eigenvalue weighted by Crippen LogP contribution is -2.24. The van der Waals surface area contributed by atoms with E-state index in [-0.39, 0.29) is 24.9 Å². The second-order valence-electron chi connectivity index (χ2n) is 3.59. The number of carbonyl (C=O) groups is 1. The zero-order valence-electron chi connectivity index (χ0n) is 7.20. The quantitative estimate of drug-likeness (QED) is 0.673. The summed E-state index contributed by atoms with van der Waals surface area (Å²) in [5, 5.41) is 17.6. The van der Waals surface area contributed by atoms with Crippen molar-refractivity contribution in [2.24, 2.45) is 11.8 Å². The first-order valence-electron chi connectivity index (χ1n) is 4.56. The number of hydrogen-bond donors (Lipinski definition) is 2. The molecule has 0 heterocycles. The van der Waals surface area contributed by atoms with Gasteiger partial charge in [0.15, 0.2) is 0 Å². The van der Waals surface area contributed by atoms with Crippen molar-refractivity contribution >= 4 is 5.97 Å². The van der Waals surface area contributed by atoms with Gasteiger partial charge in [-0.25, -0.2) is 0 Å². The highest BCUT2D eigenvalue weighted by molar-refractivity contribution is 5.67. The third-order valence-corrected chi connectivity index (χ3v) is 2.74. The number of aliphatic carboxylic acids is 1. The van der Waals surface area contributed by atoms with Crippen LogP contribution in [-0.2, 0) is 4.79 Å². The fourth-order valence-corrected chi connectivity index (χ4v) is 2.02. The van der Waals surface area contributed by atoms with Crippen molar-refractivity contribution in [3.05, 3.63) is 0 Å². The number of carboxylic acid groups (broad SMARTS) is 1. The summed E-state index contributed by atoms with van der Waals surface area (Å²) in [6.07, 6.45) is 4.45. The molecule has 3 heteroatoms. The van der Waals surface area contributed by atoms with Gasteiger partial charge in [0, 0.05) is 13.0 Å². The van der Waals surface area contributed by atoms with E-state index in [2.05, 4.69) is 0 Å². The molecule has 2 unspecified atom stereocenters. The maximum atomic E-state index is 10.4. The van der Waals surface area contributed by atoms with Crippen molar-refractivity contribution in [1.82, 2.24) is 0 Å². The molecule has 1 aliphatic rings. The first-order valence-corrected chi connectivity index (χ1v) is 4.56. The molecule has 0 aromatic carbocycles. The average molecular weight is 172 g/mol. The van der Waals surface area contributed by atoms with Gasteiger partial charge < -0.3 is 10.2 Å². The van der Waals surface area contributed by atoms with Crippen LogP contribution in [0.4, 0.5) is 0 Å². The van der Waals surface area contributed by atoms with E-state index in [1.165, 1.54) is 0 Å². The molecule has 70 valence electrons. The van der Waals surface area contributed by atoms with Gasteiger partial charge in [-0.2, -0.15) is 0 Å². The zero-order valence-corrected chi connectivity index (χ0v) is 7.20. The molecule has 0 radical (unpaired) electrons. The molecule has 0 bridgehead atoms. The van der Waals surface area contributed by atoms with E-state index in [0.717, 1.165) is 25.7 Å². The lowest BCUT2D eigenvalue weighted by atomic mass is 9.78. The van der Waals surface area contributed by atoms with Gasteiger partial charge in [-0.3, -0.25) is 4.79 Å². The highest BCUT2D eigenvalue weighted by atomic mass is 16.4. The molecule has 1 fully saturated rings. The maximum absolute atomic E-state index is 10.4. The van der Waals surface area contributed by atoms with Crippen LogP contribution in [0.1, 0.15) is 32.1 Å². The van der Waals surface area contributed by atoms with Gasteiger partial charge >= 0.3 is 5.97 Å². The third kappa shape index (κ3) is 2.48. The second-order valence-corrected chi connectivity index (χ2v) is 3.59. The molecule has 0 aromatic rings. The molecule has 0 aromatic heterocycles. The standard InChI is InChI=1S/C9H16O3/c10-6-8-4-2-1-3-7(8)5-9(11)12/h7-8,10H,1-6H2,(H,11,12). The minimum Gasteiger partial charge on any atom is -0.481 e. The van der Waals surface area contributed by atoms with Crippen LogP contribution in [-0.4, -0.2) is 22.8 Å². The Bertz CT molecular complexity index is 156. The van der Waals surface area contributed by atoms with Crippen molar-refractivity contribution < 1.29 is 15.0 Å². The smallest absolute Gasteiger partial charge is 0.303 e. The highest BCUT2D eigenvalue weighted by Crippen LogP contribution is 2.31. The van der Waals surface area contributed by atoms with Crippen LogP contribution >= 0.6 is 0 Å². The fraction of sp³-hybridized carbons (Fsp3) is 0.889. The predicted octanol–water partition coefficient (Wildman–Crippen LogP) is 1.26. The zero-order chi connectivity index (χ0) is 8.97. The van der Waals surface area contributed by atoms with E-state index in [0.29, 0.717) is 0 Å². The number of aliphatic hydroxyl groups is 1. The van der Waals surface area contributed by atoms with E-state index in [9.17, 15) is 4.79 Å². The lowest BCUT2D eigenvalue weighted by Gasteiger charge is -2.28. The van der Waals surface area contributed by atoms with E-state index < -0.39 is 5.97 Å². The van der Waals surface area contributed by atoms with Gasteiger partial charge in [0.25, 0.3) is 0 Å². The Kier molecular flexibility index (Phi) is 3.53. The lowest BCUT2D eigenvalue weighted by molar-refractivity contribution is -0.139. The summed E-state index contributed by atoms with van der Waals surface area (Å²) in [6, 6.07) is 0. The van der Waals surface area contributed by atoms with Crippen LogP contribution in [0, 0.1) is 11.8 Å². The third-order valence-electron chi connectivity index (χ3n) is 2.74. The minimum absolute atomic E-state index is 0.151. The van der Waals surface area contributed by atoms with Gasteiger partial charge in [-0.1, -0.05) is 12.8 Å². The topological polar surface area (TPSA) is 57.5 Å². The van der Waals surface area contributed by atoms with Crippen LogP contribution < -0.4 is 0 Å². The molecule has 0 saturated heterocycles. The molecule has 3 nitrogen and oxygen atoms in total. The number of aliphatic hydroxyl groups excluding tert-OH is 1. The number of hydrogen-bond acceptors (Lipinski definition) is 2. The normalized spacial score (nSPS) is 30.1. The summed E-state index contributed by atoms with van der Waals surface area (Å²) in [4.78, 5) is 10.4. The molecule has 1 aliphatic carbocycles. The van der Waals surface area contributed by atoms with E-state index in [4.69, 9.17) is 10.2 Å². The molecule has 0 spiro atoms. The van der Waals surface area contributed by atoms with Crippen LogP contribution in [0.2, 0.25) is 0 Å². The van der Waals surface area contributed by atoms with Crippen LogP contribution in [0.25, 0.3) is 0 Å². The van der Waals surface area contributed by atoms with Crippen molar-refractivity contribution in [3.63, 3.8) is 0 Å². The molecule has 0 amide bonds. The first kappa shape index (κ1) is 9.52. The number of rotatable bonds is 3. The summed E-state index contributed by atoms with van der Waals surface area (Å²) in [5.41, 5.74) is 0. The largest absolute Gasteiger partial charge is 0.481 e. The van der Waals surface area contributed by atoms with Gasteiger partial charge in [-0.15, -0.1) is 0 Å². The van der Waals surface area contributed by atoms with Gasteiger partial charge in [-0.05, 0) is 24.7 Å². The van der Waals surface area contributed by atoms with Crippen molar-refractivity contribution in [2.75, 3.05) is 6.61 Å². The highest BCUT2D eigenvalue weighted by Gasteiger charge is 2.25. The minimum atomic E-state index is -0.736. The van der Waals surface area contributed by atoms with E-state index in [1.54, 1.807) is 0 Å². The molecule has 0 aliphatic heterocycles. The fourth-order valence-electron chi connectivity index (χ4n) is 2.02. The van der Waals surface area contributed by atoms with Crippen LogP contribution in [0.5, 0.6) is 0 Å². The average Bonchev–Trinajstić information content (AvgIpc) is 2.04. The molecule has 2 N–H and O–H groups in total. The Morgan fingerprint density at radius 3 is 2.33 bits per heavy atom. The SMILES string of the molecule is O=C(O)CC1CCCCC1CO. The van der Waals surface area contributed by atoms with Gasteiger partial charge in [0.05, 0.1) is 0 Å². The van der Waals surface area contributed by atoms with Crippen molar-refractivity contribution in [1.29, 1.82) is 0 Å². The van der Waals surface area contributed by atoms with Crippen LogP contribution in [0.15, 0.2) is 0 Å². The van der Waals surface area contributed by atoms with Gasteiger partial charge in [0.1, 0.15) is 0 Å². The Morgan fingerprint density at radius 2 is 1.83 bits per heavy atom. The van der Waals surface area contributed by atoms with Crippen molar-refractivity contribution in [3.8, 4) is 0 Å². The number of carboxylic acids is 1. The second kappa shape index (κ2) is 4.45. The van der Waals surface area contributed by atoms with Crippen molar-refractivity contribution in [2.45, 2.75) is 32.1 Å². The first-order chi connectivity index (χ1) is 5.74. The summed E-state index contributed by atoms with van der Waals surface area (Å²) in [7, 11) is 0. The predicted molar refractivity (Wildman–Crippen MR) is 44.8 cm³/mol. The summed E-state index contributed by atoms with van der Waals surface area (Å²) in [5.74, 6) is -0.295. The Labute approximate surface area is 72.4 Å².